The zero-order chi connectivity index (χ0) is 18.2. The average molecular weight is 344 g/mol. The van der Waals surface area contributed by atoms with Gasteiger partial charge >= 0.3 is 11.9 Å². The van der Waals surface area contributed by atoms with Crippen LogP contribution in [0.15, 0.2) is 0 Å². The lowest BCUT2D eigenvalue weighted by Gasteiger charge is -2.15. The molecule has 0 heterocycles. The molecule has 0 fully saturated rings. The molecule has 0 bridgehead atoms. The Kier molecular flexibility index (Phi) is 14.2. The molecule has 0 amide bonds. The van der Waals surface area contributed by atoms with Crippen molar-refractivity contribution < 1.29 is 23.9 Å². The molecule has 0 rings (SSSR count). The SMILES string of the molecule is CCOC(=O)CCNCCCCC(NCCC(=O)OCC)C(C)=O. The topological polar surface area (TPSA) is 93.7 Å². The molecule has 7 nitrogen and oxygen atoms in total. The maximum absolute atomic E-state index is 11.6. The van der Waals surface area contributed by atoms with Gasteiger partial charge < -0.3 is 20.1 Å². The van der Waals surface area contributed by atoms with Gasteiger partial charge in [-0.3, -0.25) is 14.4 Å². The van der Waals surface area contributed by atoms with Gasteiger partial charge in [-0.1, -0.05) is 6.42 Å². The van der Waals surface area contributed by atoms with E-state index in [1.54, 1.807) is 20.8 Å². The monoisotopic (exact) mass is 344 g/mol. The average Bonchev–Trinajstić information content (AvgIpc) is 2.52. The molecule has 0 spiro atoms. The van der Waals surface area contributed by atoms with Crippen molar-refractivity contribution in [1.29, 1.82) is 0 Å². The van der Waals surface area contributed by atoms with Crippen LogP contribution in [0.4, 0.5) is 0 Å². The van der Waals surface area contributed by atoms with Crippen LogP contribution in [-0.4, -0.2) is 56.6 Å². The van der Waals surface area contributed by atoms with Crippen molar-refractivity contribution in [3.63, 3.8) is 0 Å². The largest absolute Gasteiger partial charge is 0.466 e. The predicted octanol–water partition coefficient (Wildman–Crippen LogP) is 1.20. The summed E-state index contributed by atoms with van der Waals surface area (Å²) in [5.74, 6) is -0.361. The number of ketones is 1. The number of hydrogen-bond donors (Lipinski definition) is 2. The smallest absolute Gasteiger partial charge is 0.307 e. The third-order valence-corrected chi connectivity index (χ3v) is 3.42. The Morgan fingerprint density at radius 2 is 1.46 bits per heavy atom. The summed E-state index contributed by atoms with van der Waals surface area (Å²) >= 11 is 0. The lowest BCUT2D eigenvalue weighted by Crippen LogP contribution is -2.37. The molecule has 0 aliphatic carbocycles. The maximum atomic E-state index is 11.6. The fraction of sp³-hybridized carbons (Fsp3) is 0.824. The van der Waals surface area contributed by atoms with E-state index in [-0.39, 0.29) is 30.2 Å². The van der Waals surface area contributed by atoms with Crippen LogP contribution in [0.2, 0.25) is 0 Å². The Labute approximate surface area is 144 Å². The minimum absolute atomic E-state index is 0.0779. The highest BCUT2D eigenvalue weighted by Gasteiger charge is 2.13. The van der Waals surface area contributed by atoms with Crippen molar-refractivity contribution >= 4 is 17.7 Å². The summed E-state index contributed by atoms with van der Waals surface area (Å²) < 4.78 is 9.69. The second kappa shape index (κ2) is 15.1. The van der Waals surface area contributed by atoms with Crippen LogP contribution in [0.1, 0.15) is 52.9 Å². The Morgan fingerprint density at radius 1 is 0.875 bits per heavy atom. The van der Waals surface area contributed by atoms with E-state index in [4.69, 9.17) is 9.47 Å². The van der Waals surface area contributed by atoms with E-state index < -0.39 is 0 Å². The summed E-state index contributed by atoms with van der Waals surface area (Å²) in [6, 6.07) is -0.223. The molecule has 140 valence electrons. The zero-order valence-electron chi connectivity index (χ0n) is 15.2. The Morgan fingerprint density at radius 3 is 2.00 bits per heavy atom. The van der Waals surface area contributed by atoms with Gasteiger partial charge in [-0.15, -0.1) is 0 Å². The van der Waals surface area contributed by atoms with E-state index in [1.165, 1.54) is 0 Å². The molecule has 0 aliphatic rings. The molecular formula is C17H32N2O5. The summed E-state index contributed by atoms with van der Waals surface area (Å²) in [6.07, 6.45) is 3.19. The number of carbonyl (C=O) groups excluding carboxylic acids is 3. The van der Waals surface area contributed by atoms with E-state index in [0.717, 1.165) is 25.8 Å². The minimum Gasteiger partial charge on any atom is -0.466 e. The van der Waals surface area contributed by atoms with Gasteiger partial charge in [0.1, 0.15) is 5.78 Å². The molecule has 0 aliphatic heterocycles. The van der Waals surface area contributed by atoms with E-state index in [2.05, 4.69) is 10.6 Å². The van der Waals surface area contributed by atoms with Gasteiger partial charge in [0.25, 0.3) is 0 Å². The minimum atomic E-state index is -0.252. The van der Waals surface area contributed by atoms with E-state index in [9.17, 15) is 14.4 Å². The summed E-state index contributed by atoms with van der Waals surface area (Å²) in [5.41, 5.74) is 0. The van der Waals surface area contributed by atoms with Gasteiger partial charge in [0.15, 0.2) is 0 Å². The first-order valence-electron chi connectivity index (χ1n) is 8.77. The summed E-state index contributed by atoms with van der Waals surface area (Å²) in [7, 11) is 0. The molecule has 0 aromatic rings. The van der Waals surface area contributed by atoms with Crippen molar-refractivity contribution in [2.24, 2.45) is 0 Å². The van der Waals surface area contributed by atoms with Gasteiger partial charge in [0, 0.05) is 13.1 Å². The number of unbranched alkanes of at least 4 members (excludes halogenated alkanes) is 1. The molecule has 0 saturated heterocycles. The van der Waals surface area contributed by atoms with Gasteiger partial charge in [-0.2, -0.15) is 0 Å². The summed E-state index contributed by atoms with van der Waals surface area (Å²) in [5, 5.41) is 6.29. The molecule has 7 heteroatoms. The Balaban J connectivity index is 3.69. The number of nitrogens with one attached hydrogen (secondary N) is 2. The molecule has 24 heavy (non-hydrogen) atoms. The molecule has 1 unspecified atom stereocenters. The van der Waals surface area contributed by atoms with Crippen molar-refractivity contribution in [1.82, 2.24) is 10.6 Å². The maximum Gasteiger partial charge on any atom is 0.307 e. The van der Waals surface area contributed by atoms with Crippen molar-refractivity contribution in [2.45, 2.75) is 58.9 Å². The number of hydrogen-bond acceptors (Lipinski definition) is 7. The standard InChI is InChI=1S/C17H32N2O5/c1-4-23-16(21)9-12-18-11-7-6-8-15(14(3)20)19-13-10-17(22)24-5-2/h15,18-19H,4-13H2,1-3H3. The van der Waals surface area contributed by atoms with Crippen molar-refractivity contribution in [2.75, 3.05) is 32.8 Å². The number of carbonyl (C=O) groups is 3. The van der Waals surface area contributed by atoms with Crippen molar-refractivity contribution in [3.8, 4) is 0 Å². The van der Waals surface area contributed by atoms with Crippen molar-refractivity contribution in [3.05, 3.63) is 0 Å². The number of esters is 2. The van der Waals surface area contributed by atoms with Gasteiger partial charge in [-0.05, 0) is 40.2 Å². The summed E-state index contributed by atoms with van der Waals surface area (Å²) in [4.78, 5) is 34.0. The fourth-order valence-corrected chi connectivity index (χ4v) is 2.18. The van der Waals surface area contributed by atoms with Crippen LogP contribution < -0.4 is 10.6 Å². The molecule has 2 N–H and O–H groups in total. The first-order chi connectivity index (χ1) is 11.5. The van der Waals surface area contributed by atoms with E-state index >= 15 is 0 Å². The molecular weight excluding hydrogens is 312 g/mol. The van der Waals surface area contributed by atoms with Gasteiger partial charge in [0.05, 0.1) is 32.1 Å². The lowest BCUT2D eigenvalue weighted by atomic mass is 10.1. The van der Waals surface area contributed by atoms with Crippen LogP contribution in [0, 0.1) is 0 Å². The lowest BCUT2D eigenvalue weighted by molar-refractivity contribution is -0.143. The molecule has 0 radical (unpaired) electrons. The highest BCUT2D eigenvalue weighted by Crippen LogP contribution is 2.02. The van der Waals surface area contributed by atoms with Crippen LogP contribution in [-0.2, 0) is 23.9 Å². The fourth-order valence-electron chi connectivity index (χ4n) is 2.18. The molecule has 0 aromatic carbocycles. The Bertz CT molecular complexity index is 374. The Hall–Kier alpha value is -1.47. The van der Waals surface area contributed by atoms with Crippen LogP contribution >= 0.6 is 0 Å². The normalized spacial score (nSPS) is 11.8. The third kappa shape index (κ3) is 13.0. The van der Waals surface area contributed by atoms with Crippen LogP contribution in [0.5, 0.6) is 0 Å². The number of rotatable bonds is 15. The predicted molar refractivity (Wildman–Crippen MR) is 91.7 cm³/mol. The van der Waals surface area contributed by atoms with Crippen LogP contribution in [0.3, 0.4) is 0 Å². The van der Waals surface area contributed by atoms with Gasteiger partial charge in [0.2, 0.25) is 0 Å². The zero-order valence-corrected chi connectivity index (χ0v) is 15.2. The first kappa shape index (κ1) is 22.5. The van der Waals surface area contributed by atoms with Gasteiger partial charge in [-0.25, -0.2) is 0 Å². The first-order valence-corrected chi connectivity index (χ1v) is 8.77. The third-order valence-electron chi connectivity index (χ3n) is 3.42. The molecule has 0 aromatic heterocycles. The number of Topliss-reactive ketones (excluding diaryl/α,β-unsaturated/α-hetero) is 1. The highest BCUT2D eigenvalue weighted by atomic mass is 16.5. The molecule has 1 atom stereocenters. The molecule has 0 saturated carbocycles. The highest BCUT2D eigenvalue weighted by molar-refractivity contribution is 5.81. The summed E-state index contributed by atoms with van der Waals surface area (Å²) in [6.45, 7) is 7.74. The second-order valence-electron chi connectivity index (χ2n) is 5.47. The number of ether oxygens (including phenoxy) is 2. The van der Waals surface area contributed by atoms with Crippen LogP contribution in [0.25, 0.3) is 0 Å². The quantitative estimate of drug-likeness (QED) is 0.340. The van der Waals surface area contributed by atoms with E-state index in [0.29, 0.717) is 32.7 Å². The second-order valence-corrected chi connectivity index (χ2v) is 5.47. The van der Waals surface area contributed by atoms with E-state index in [1.807, 2.05) is 0 Å².